The van der Waals surface area contributed by atoms with Gasteiger partial charge in [0.2, 0.25) is 0 Å². The molecule has 0 aliphatic heterocycles. The fourth-order valence-corrected chi connectivity index (χ4v) is 3.53. The molecule has 0 saturated heterocycles. The van der Waals surface area contributed by atoms with Gasteiger partial charge in [0.1, 0.15) is 4.87 Å². The van der Waals surface area contributed by atoms with Crippen LogP contribution in [0.4, 0.5) is 0 Å². The van der Waals surface area contributed by atoms with E-state index in [2.05, 4.69) is 0 Å². The van der Waals surface area contributed by atoms with Crippen LogP contribution in [0.25, 0.3) is 0 Å². The Morgan fingerprint density at radius 1 is 0.522 bits per heavy atom. The smallest absolute Gasteiger partial charge is 0.104 e. The molecule has 0 atom stereocenters. The van der Waals surface area contributed by atoms with Crippen LogP contribution in [0.1, 0.15) is 16.7 Å². The highest BCUT2D eigenvalue weighted by Gasteiger charge is 2.34. The second kappa shape index (κ2) is 6.75. The van der Waals surface area contributed by atoms with Crippen molar-refractivity contribution in [2.45, 2.75) is 4.87 Å². The highest BCUT2D eigenvalue weighted by molar-refractivity contribution is 6.33. The maximum Gasteiger partial charge on any atom is 0.120 e. The lowest BCUT2D eigenvalue weighted by molar-refractivity contribution is 0.880. The lowest BCUT2D eigenvalue weighted by Gasteiger charge is -2.29. The largest absolute Gasteiger partial charge is 0.120 e. The molecule has 23 heavy (non-hydrogen) atoms. The van der Waals surface area contributed by atoms with Gasteiger partial charge in [0, 0.05) is 15.1 Å². The van der Waals surface area contributed by atoms with Gasteiger partial charge in [-0.2, -0.15) is 0 Å². The van der Waals surface area contributed by atoms with Crippen LogP contribution < -0.4 is 0 Å². The zero-order valence-electron chi connectivity index (χ0n) is 11.9. The standard InChI is InChI=1S/C19H12Cl4/c20-16-7-1-4-13(10-16)19(23,14-5-2-8-17(21)11-14)15-6-3-9-18(22)12-15/h1-12H. The average Bonchev–Trinajstić information content (AvgIpc) is 2.54. The molecule has 4 heteroatoms. The van der Waals surface area contributed by atoms with Gasteiger partial charge in [0.05, 0.1) is 0 Å². The van der Waals surface area contributed by atoms with Crippen molar-refractivity contribution >= 4 is 46.4 Å². The first kappa shape index (κ1) is 16.7. The van der Waals surface area contributed by atoms with Gasteiger partial charge in [0.25, 0.3) is 0 Å². The molecule has 0 saturated carbocycles. The fraction of sp³-hybridized carbons (Fsp3) is 0.0526. The summed E-state index contributed by atoms with van der Waals surface area (Å²) in [5, 5.41) is 1.87. The van der Waals surface area contributed by atoms with Crippen molar-refractivity contribution in [1.29, 1.82) is 0 Å². The topological polar surface area (TPSA) is 0 Å². The van der Waals surface area contributed by atoms with Crippen molar-refractivity contribution in [3.63, 3.8) is 0 Å². The van der Waals surface area contributed by atoms with E-state index in [1.807, 2.05) is 72.8 Å². The molecule has 0 heterocycles. The third-order valence-electron chi connectivity index (χ3n) is 3.67. The molecule has 0 nitrogen and oxygen atoms in total. The van der Waals surface area contributed by atoms with Gasteiger partial charge in [-0.05, 0) is 53.1 Å². The first-order valence-electron chi connectivity index (χ1n) is 6.97. The molecule has 0 aromatic heterocycles. The molecule has 0 bridgehead atoms. The number of halogens is 4. The molecule has 0 aliphatic rings. The third-order valence-corrected chi connectivity index (χ3v) is 5.03. The minimum absolute atomic E-state index is 0.622. The lowest BCUT2D eigenvalue weighted by Crippen LogP contribution is -2.22. The van der Waals surface area contributed by atoms with Gasteiger partial charge in [-0.15, -0.1) is 11.6 Å². The second-order valence-electron chi connectivity index (χ2n) is 5.19. The Kier molecular flexibility index (Phi) is 4.89. The van der Waals surface area contributed by atoms with Gasteiger partial charge >= 0.3 is 0 Å². The summed E-state index contributed by atoms with van der Waals surface area (Å²) in [5.74, 6) is 0. The molecule has 3 aromatic carbocycles. The summed E-state index contributed by atoms with van der Waals surface area (Å²) in [4.78, 5) is -0.930. The highest BCUT2D eigenvalue weighted by Crippen LogP contribution is 2.44. The van der Waals surface area contributed by atoms with E-state index in [1.54, 1.807) is 0 Å². The molecule has 3 aromatic rings. The second-order valence-corrected chi connectivity index (χ2v) is 7.07. The van der Waals surface area contributed by atoms with Crippen molar-refractivity contribution in [1.82, 2.24) is 0 Å². The van der Waals surface area contributed by atoms with Crippen LogP contribution in [0.5, 0.6) is 0 Å². The maximum atomic E-state index is 7.16. The van der Waals surface area contributed by atoms with Crippen LogP contribution in [0, 0.1) is 0 Å². The summed E-state index contributed by atoms with van der Waals surface area (Å²) >= 11 is 25.7. The Balaban J connectivity index is 2.29. The van der Waals surface area contributed by atoms with E-state index >= 15 is 0 Å². The van der Waals surface area contributed by atoms with Crippen LogP contribution >= 0.6 is 46.4 Å². The normalized spacial score (nSPS) is 11.5. The van der Waals surface area contributed by atoms with Gasteiger partial charge in [-0.25, -0.2) is 0 Å². The number of hydrogen-bond donors (Lipinski definition) is 0. The minimum atomic E-state index is -0.930. The molecular weight excluding hydrogens is 370 g/mol. The summed E-state index contributed by atoms with van der Waals surface area (Å²) < 4.78 is 0. The van der Waals surface area contributed by atoms with E-state index in [-0.39, 0.29) is 0 Å². The van der Waals surface area contributed by atoms with Gasteiger partial charge in [0.15, 0.2) is 0 Å². The molecule has 0 aliphatic carbocycles. The average molecular weight is 382 g/mol. The van der Waals surface area contributed by atoms with Gasteiger partial charge in [-0.3, -0.25) is 0 Å². The molecule has 0 fully saturated rings. The summed E-state index contributed by atoms with van der Waals surface area (Å²) in [5.41, 5.74) is 2.57. The Hall–Kier alpha value is -1.18. The third kappa shape index (κ3) is 3.36. The molecule has 0 unspecified atom stereocenters. The number of hydrogen-bond acceptors (Lipinski definition) is 0. The monoisotopic (exact) mass is 380 g/mol. The zero-order valence-corrected chi connectivity index (χ0v) is 15.0. The molecule has 3 rings (SSSR count). The maximum absolute atomic E-state index is 7.16. The highest BCUT2D eigenvalue weighted by atomic mass is 35.5. The van der Waals surface area contributed by atoms with Crippen LogP contribution in [-0.4, -0.2) is 0 Å². The van der Waals surface area contributed by atoms with Crippen molar-refractivity contribution in [2.75, 3.05) is 0 Å². The quantitative estimate of drug-likeness (QED) is 0.333. The predicted molar refractivity (Wildman–Crippen MR) is 100 cm³/mol. The molecular formula is C19H12Cl4. The van der Waals surface area contributed by atoms with E-state index in [0.29, 0.717) is 15.1 Å². The first-order valence-corrected chi connectivity index (χ1v) is 8.48. The Morgan fingerprint density at radius 2 is 0.826 bits per heavy atom. The van der Waals surface area contributed by atoms with E-state index in [0.717, 1.165) is 16.7 Å². The summed E-state index contributed by atoms with van der Waals surface area (Å²) in [6.45, 7) is 0. The van der Waals surface area contributed by atoms with E-state index in [1.165, 1.54) is 0 Å². The van der Waals surface area contributed by atoms with E-state index < -0.39 is 4.87 Å². The lowest BCUT2D eigenvalue weighted by atomic mass is 9.84. The molecule has 116 valence electrons. The first-order chi connectivity index (χ1) is 11.0. The molecule has 0 spiro atoms. The van der Waals surface area contributed by atoms with Crippen LogP contribution in [-0.2, 0) is 4.87 Å². The SMILES string of the molecule is Clc1cccc(C(Cl)(c2cccc(Cl)c2)c2cccc(Cl)c2)c1. The Morgan fingerprint density at radius 3 is 1.09 bits per heavy atom. The summed E-state index contributed by atoms with van der Waals surface area (Å²) in [6.07, 6.45) is 0. The van der Waals surface area contributed by atoms with Crippen LogP contribution in [0.2, 0.25) is 15.1 Å². The van der Waals surface area contributed by atoms with E-state index in [9.17, 15) is 0 Å². The number of rotatable bonds is 3. The predicted octanol–water partition coefficient (Wildman–Crippen LogP) is 7.18. The van der Waals surface area contributed by atoms with Crippen LogP contribution in [0.3, 0.4) is 0 Å². The molecule has 0 radical (unpaired) electrons. The number of benzene rings is 3. The zero-order chi connectivity index (χ0) is 16.4. The minimum Gasteiger partial charge on any atom is -0.104 e. The van der Waals surface area contributed by atoms with Crippen molar-refractivity contribution in [3.05, 3.63) is 105 Å². The van der Waals surface area contributed by atoms with Crippen molar-refractivity contribution in [2.24, 2.45) is 0 Å². The van der Waals surface area contributed by atoms with Gasteiger partial charge in [-0.1, -0.05) is 71.2 Å². The van der Waals surface area contributed by atoms with Crippen molar-refractivity contribution in [3.8, 4) is 0 Å². The van der Waals surface area contributed by atoms with E-state index in [4.69, 9.17) is 46.4 Å². The molecule has 0 amide bonds. The summed E-state index contributed by atoms with van der Waals surface area (Å²) in [6, 6.07) is 22.5. The fourth-order valence-electron chi connectivity index (χ4n) is 2.61. The van der Waals surface area contributed by atoms with Crippen LogP contribution in [0.15, 0.2) is 72.8 Å². The Labute approximate surface area is 155 Å². The van der Waals surface area contributed by atoms with Gasteiger partial charge < -0.3 is 0 Å². The Bertz CT molecular complexity index is 731. The number of alkyl halides is 1. The summed E-state index contributed by atoms with van der Waals surface area (Å²) in [7, 11) is 0. The van der Waals surface area contributed by atoms with Crippen molar-refractivity contribution < 1.29 is 0 Å². The molecule has 0 N–H and O–H groups in total.